The quantitative estimate of drug-likeness (QED) is 0.566. The van der Waals surface area contributed by atoms with Crippen LogP contribution in [0.5, 0.6) is 11.5 Å². The Bertz CT molecular complexity index is 842. The molecule has 0 fully saturated rings. The Labute approximate surface area is 177 Å². The highest BCUT2D eigenvalue weighted by atomic mass is 16.5. The summed E-state index contributed by atoms with van der Waals surface area (Å²) in [5, 5.41) is 3.50. The number of fused-ring (bicyclic) bond motifs is 1. The summed E-state index contributed by atoms with van der Waals surface area (Å²) in [6.45, 7) is 4.73. The van der Waals surface area contributed by atoms with Gasteiger partial charge in [0.05, 0.1) is 19.3 Å². The average Bonchev–Trinajstić information content (AvgIpc) is 2.78. The molecule has 0 aliphatic carbocycles. The molecule has 7 heteroatoms. The molecule has 0 spiro atoms. The SMILES string of the molecule is CCOCCOc1ccc(C2Nc3ccccc3C(=O)N2CCCOC)cc1OC. The lowest BCUT2D eigenvalue weighted by molar-refractivity contribution is 0.0660. The summed E-state index contributed by atoms with van der Waals surface area (Å²) in [6.07, 6.45) is 0.439. The van der Waals surface area contributed by atoms with E-state index in [9.17, 15) is 4.79 Å². The molecule has 1 aliphatic heterocycles. The number of methoxy groups -OCH3 is 2. The number of hydrogen-bond acceptors (Lipinski definition) is 6. The standard InChI is InChI=1S/C23H30N2O5/c1-4-29-14-15-30-20-11-10-17(16-21(20)28-3)22-24-19-9-6-5-8-18(19)23(26)25(22)12-7-13-27-2/h5-6,8-11,16,22,24H,4,7,12-15H2,1-3H3. The van der Waals surface area contributed by atoms with Gasteiger partial charge in [-0.3, -0.25) is 4.79 Å². The van der Waals surface area contributed by atoms with Crippen molar-refractivity contribution in [1.29, 1.82) is 0 Å². The molecular formula is C23H30N2O5. The van der Waals surface area contributed by atoms with Gasteiger partial charge in [0.25, 0.3) is 5.91 Å². The van der Waals surface area contributed by atoms with Crippen molar-refractivity contribution in [3.63, 3.8) is 0 Å². The zero-order valence-electron chi connectivity index (χ0n) is 17.8. The second kappa shape index (κ2) is 10.8. The van der Waals surface area contributed by atoms with Crippen LogP contribution < -0.4 is 14.8 Å². The molecule has 1 N–H and O–H groups in total. The maximum Gasteiger partial charge on any atom is 0.257 e. The minimum Gasteiger partial charge on any atom is -0.493 e. The molecule has 30 heavy (non-hydrogen) atoms. The third kappa shape index (κ3) is 5.04. The number of nitrogens with zero attached hydrogens (tertiary/aromatic N) is 1. The normalized spacial score (nSPS) is 15.5. The minimum absolute atomic E-state index is 0.00135. The Balaban J connectivity index is 1.86. The molecule has 1 heterocycles. The van der Waals surface area contributed by atoms with E-state index in [2.05, 4.69) is 5.32 Å². The van der Waals surface area contributed by atoms with Crippen LogP contribution in [0.25, 0.3) is 0 Å². The summed E-state index contributed by atoms with van der Waals surface area (Å²) in [4.78, 5) is 15.0. The molecule has 162 valence electrons. The van der Waals surface area contributed by atoms with Gasteiger partial charge in [-0.2, -0.15) is 0 Å². The van der Waals surface area contributed by atoms with E-state index in [1.54, 1.807) is 14.2 Å². The smallest absolute Gasteiger partial charge is 0.257 e. The Morgan fingerprint density at radius 2 is 1.87 bits per heavy atom. The fourth-order valence-electron chi connectivity index (χ4n) is 3.49. The first-order chi connectivity index (χ1) is 14.7. The van der Waals surface area contributed by atoms with Gasteiger partial charge in [-0.05, 0) is 43.2 Å². The number of hydrogen-bond donors (Lipinski definition) is 1. The van der Waals surface area contributed by atoms with Crippen molar-refractivity contribution in [3.8, 4) is 11.5 Å². The fourth-order valence-corrected chi connectivity index (χ4v) is 3.49. The average molecular weight is 415 g/mol. The van der Waals surface area contributed by atoms with E-state index in [1.807, 2.05) is 54.3 Å². The third-order valence-corrected chi connectivity index (χ3v) is 4.96. The van der Waals surface area contributed by atoms with Gasteiger partial charge in [0.15, 0.2) is 11.5 Å². The molecular weight excluding hydrogens is 384 g/mol. The molecule has 0 bridgehead atoms. The predicted octanol–water partition coefficient (Wildman–Crippen LogP) is 3.71. The molecule has 2 aromatic carbocycles. The van der Waals surface area contributed by atoms with Crippen LogP contribution in [-0.2, 0) is 9.47 Å². The Morgan fingerprint density at radius 3 is 2.63 bits per heavy atom. The van der Waals surface area contributed by atoms with Gasteiger partial charge in [-0.1, -0.05) is 18.2 Å². The number of carbonyl (C=O) groups is 1. The lowest BCUT2D eigenvalue weighted by Gasteiger charge is -2.38. The van der Waals surface area contributed by atoms with E-state index in [0.29, 0.717) is 50.0 Å². The minimum atomic E-state index is -0.310. The van der Waals surface area contributed by atoms with Crippen molar-refractivity contribution in [2.45, 2.75) is 19.5 Å². The summed E-state index contributed by atoms with van der Waals surface area (Å²) in [5.41, 5.74) is 2.42. The number of nitrogens with one attached hydrogen (secondary N) is 1. The summed E-state index contributed by atoms with van der Waals surface area (Å²) >= 11 is 0. The number of carbonyl (C=O) groups excluding carboxylic acids is 1. The lowest BCUT2D eigenvalue weighted by atomic mass is 10.0. The molecule has 3 rings (SSSR count). The van der Waals surface area contributed by atoms with E-state index in [-0.39, 0.29) is 12.1 Å². The van der Waals surface area contributed by atoms with Gasteiger partial charge in [-0.15, -0.1) is 0 Å². The largest absolute Gasteiger partial charge is 0.493 e. The first-order valence-electron chi connectivity index (χ1n) is 10.2. The molecule has 1 amide bonds. The number of ether oxygens (including phenoxy) is 4. The summed E-state index contributed by atoms with van der Waals surface area (Å²) in [6, 6.07) is 13.3. The molecule has 1 unspecified atom stereocenters. The maximum atomic E-state index is 13.2. The highest BCUT2D eigenvalue weighted by Gasteiger charge is 2.32. The zero-order valence-corrected chi connectivity index (χ0v) is 17.8. The van der Waals surface area contributed by atoms with E-state index in [4.69, 9.17) is 18.9 Å². The van der Waals surface area contributed by atoms with Crippen LogP contribution in [0.1, 0.15) is 35.4 Å². The van der Waals surface area contributed by atoms with Crippen LogP contribution in [0.3, 0.4) is 0 Å². The molecule has 0 aromatic heterocycles. The second-order valence-corrected chi connectivity index (χ2v) is 6.89. The molecule has 1 aliphatic rings. The Morgan fingerprint density at radius 1 is 1.03 bits per heavy atom. The number of rotatable bonds is 11. The highest BCUT2D eigenvalue weighted by molar-refractivity contribution is 6.01. The molecule has 2 aromatic rings. The third-order valence-electron chi connectivity index (χ3n) is 4.96. The van der Waals surface area contributed by atoms with Crippen LogP contribution in [0.15, 0.2) is 42.5 Å². The van der Waals surface area contributed by atoms with E-state index >= 15 is 0 Å². The van der Waals surface area contributed by atoms with Gasteiger partial charge in [0, 0.05) is 32.6 Å². The van der Waals surface area contributed by atoms with E-state index < -0.39 is 0 Å². The first-order valence-corrected chi connectivity index (χ1v) is 10.2. The van der Waals surface area contributed by atoms with Crippen molar-refractivity contribution in [2.24, 2.45) is 0 Å². The van der Waals surface area contributed by atoms with Gasteiger partial charge >= 0.3 is 0 Å². The first kappa shape index (κ1) is 21.9. The molecule has 1 atom stereocenters. The zero-order chi connectivity index (χ0) is 21.3. The van der Waals surface area contributed by atoms with Crippen LogP contribution >= 0.6 is 0 Å². The van der Waals surface area contributed by atoms with Crippen LogP contribution in [0, 0.1) is 0 Å². The number of para-hydroxylation sites is 1. The van der Waals surface area contributed by atoms with Crippen molar-refractivity contribution >= 4 is 11.6 Å². The van der Waals surface area contributed by atoms with Gasteiger partial charge < -0.3 is 29.2 Å². The lowest BCUT2D eigenvalue weighted by Crippen LogP contribution is -2.43. The van der Waals surface area contributed by atoms with Crippen molar-refractivity contribution in [2.75, 3.05) is 52.5 Å². The van der Waals surface area contributed by atoms with Crippen LogP contribution in [0.2, 0.25) is 0 Å². The summed E-state index contributed by atoms with van der Waals surface area (Å²) in [7, 11) is 3.28. The second-order valence-electron chi connectivity index (χ2n) is 6.89. The monoisotopic (exact) mass is 414 g/mol. The fraction of sp³-hybridized carbons (Fsp3) is 0.435. The van der Waals surface area contributed by atoms with Crippen molar-refractivity contribution in [3.05, 3.63) is 53.6 Å². The number of anilines is 1. The van der Waals surface area contributed by atoms with Crippen LogP contribution in [-0.4, -0.2) is 58.0 Å². The molecule has 0 radical (unpaired) electrons. The molecule has 7 nitrogen and oxygen atoms in total. The Kier molecular flexibility index (Phi) is 7.93. The number of amides is 1. The maximum absolute atomic E-state index is 13.2. The van der Waals surface area contributed by atoms with Crippen molar-refractivity contribution in [1.82, 2.24) is 4.90 Å². The number of benzene rings is 2. The van der Waals surface area contributed by atoms with E-state index in [1.165, 1.54) is 0 Å². The van der Waals surface area contributed by atoms with Gasteiger partial charge in [0.1, 0.15) is 12.8 Å². The molecule has 0 saturated carbocycles. The van der Waals surface area contributed by atoms with Crippen molar-refractivity contribution < 1.29 is 23.7 Å². The topological polar surface area (TPSA) is 69.3 Å². The summed E-state index contributed by atoms with van der Waals surface area (Å²) in [5.74, 6) is 1.27. The van der Waals surface area contributed by atoms with Gasteiger partial charge in [-0.25, -0.2) is 0 Å². The highest BCUT2D eigenvalue weighted by Crippen LogP contribution is 2.37. The Hall–Kier alpha value is -2.77. The molecule has 0 saturated heterocycles. The summed E-state index contributed by atoms with van der Waals surface area (Å²) < 4.78 is 21.8. The predicted molar refractivity (Wildman–Crippen MR) is 115 cm³/mol. The van der Waals surface area contributed by atoms with Crippen LogP contribution in [0.4, 0.5) is 5.69 Å². The van der Waals surface area contributed by atoms with E-state index in [0.717, 1.165) is 17.7 Å². The van der Waals surface area contributed by atoms with Gasteiger partial charge in [0.2, 0.25) is 0 Å².